The van der Waals surface area contributed by atoms with E-state index in [9.17, 15) is 4.79 Å². The zero-order valence-electron chi connectivity index (χ0n) is 12.4. The Balaban J connectivity index is 1.97. The first kappa shape index (κ1) is 14.1. The van der Waals surface area contributed by atoms with Crippen LogP contribution in [-0.4, -0.2) is 27.4 Å². The predicted octanol–water partition coefficient (Wildman–Crippen LogP) is 2.81. The van der Waals surface area contributed by atoms with E-state index < -0.39 is 0 Å². The van der Waals surface area contributed by atoms with Crippen LogP contribution >= 0.6 is 0 Å². The molecular weight excluding hydrogens is 280 g/mol. The molecule has 0 spiro atoms. The first-order valence-electron chi connectivity index (χ1n) is 7.05. The van der Waals surface area contributed by atoms with Crippen molar-refractivity contribution in [3.63, 3.8) is 0 Å². The van der Waals surface area contributed by atoms with Gasteiger partial charge in [0.05, 0.1) is 11.8 Å². The quantitative estimate of drug-likeness (QED) is 0.776. The van der Waals surface area contributed by atoms with E-state index in [0.717, 1.165) is 5.56 Å². The van der Waals surface area contributed by atoms with E-state index in [1.54, 1.807) is 6.20 Å². The minimum absolute atomic E-state index is 0.184. The summed E-state index contributed by atoms with van der Waals surface area (Å²) in [4.78, 5) is 23.6. The van der Waals surface area contributed by atoms with Crippen molar-refractivity contribution in [1.82, 2.24) is 20.3 Å². The van der Waals surface area contributed by atoms with Crippen LogP contribution in [0.25, 0.3) is 11.2 Å². The molecule has 1 aromatic carbocycles. The van der Waals surface area contributed by atoms with Gasteiger partial charge in [0.25, 0.3) is 5.91 Å². The molecule has 1 amide bonds. The highest BCUT2D eigenvalue weighted by molar-refractivity contribution is 6.04. The molecule has 2 aromatic heterocycles. The second kappa shape index (κ2) is 5.85. The second-order valence-corrected chi connectivity index (χ2v) is 4.83. The zero-order chi connectivity index (χ0) is 15.5. The fraction of sp³-hybridized carbons (Fsp3) is 0.188. The lowest BCUT2D eigenvalue weighted by Gasteiger charge is -2.07. The largest absolute Gasteiger partial charge is 0.437 e. The molecule has 0 saturated carbocycles. The normalized spacial score (nSPS) is 10.6. The number of H-pyrrole nitrogens is 1. The lowest BCUT2D eigenvalue weighted by Crippen LogP contribution is -2.22. The van der Waals surface area contributed by atoms with Crippen LogP contribution in [0.5, 0.6) is 11.6 Å². The van der Waals surface area contributed by atoms with Crippen molar-refractivity contribution in [1.29, 1.82) is 0 Å². The van der Waals surface area contributed by atoms with Gasteiger partial charge >= 0.3 is 0 Å². The van der Waals surface area contributed by atoms with E-state index in [1.165, 1.54) is 6.20 Å². The standard InChI is InChI=1S/C16H16N4O2/c1-3-17-16(21)11-8-18-15-14(11)20-13(9-19-15)22-12-7-5-4-6-10(12)2/h4-9H,3H2,1-2H3,(H,17,21)(H,18,19). The van der Waals surface area contributed by atoms with Crippen molar-refractivity contribution in [3.05, 3.63) is 47.8 Å². The maximum Gasteiger partial charge on any atom is 0.255 e. The number of amides is 1. The molecule has 2 N–H and O–H groups in total. The molecule has 3 rings (SSSR count). The van der Waals surface area contributed by atoms with Crippen LogP contribution in [0.1, 0.15) is 22.8 Å². The van der Waals surface area contributed by atoms with Crippen LogP contribution in [0.2, 0.25) is 0 Å². The molecule has 6 heteroatoms. The molecule has 0 unspecified atom stereocenters. The molecule has 0 radical (unpaired) electrons. The molecule has 0 saturated heterocycles. The molecule has 22 heavy (non-hydrogen) atoms. The third-order valence-electron chi connectivity index (χ3n) is 3.25. The third kappa shape index (κ3) is 2.63. The van der Waals surface area contributed by atoms with Crippen LogP contribution in [0.4, 0.5) is 0 Å². The Morgan fingerprint density at radius 1 is 1.36 bits per heavy atom. The molecule has 0 aliphatic carbocycles. The summed E-state index contributed by atoms with van der Waals surface area (Å²) in [6.45, 7) is 4.38. The Bertz CT molecular complexity index is 826. The number of carbonyl (C=O) groups is 1. The summed E-state index contributed by atoms with van der Waals surface area (Å²) in [5.74, 6) is 0.884. The van der Waals surface area contributed by atoms with Crippen molar-refractivity contribution in [3.8, 4) is 11.6 Å². The average Bonchev–Trinajstić information content (AvgIpc) is 2.93. The van der Waals surface area contributed by atoms with Crippen LogP contribution in [0.15, 0.2) is 36.7 Å². The second-order valence-electron chi connectivity index (χ2n) is 4.83. The number of aromatic nitrogens is 3. The van der Waals surface area contributed by atoms with Gasteiger partial charge in [-0.05, 0) is 25.5 Å². The summed E-state index contributed by atoms with van der Waals surface area (Å²) < 4.78 is 5.76. The topological polar surface area (TPSA) is 79.9 Å². The molecule has 0 aliphatic heterocycles. The van der Waals surface area contributed by atoms with E-state index in [4.69, 9.17) is 4.74 Å². The molecule has 6 nitrogen and oxygen atoms in total. The van der Waals surface area contributed by atoms with Gasteiger partial charge in [-0.3, -0.25) is 4.79 Å². The van der Waals surface area contributed by atoms with Crippen molar-refractivity contribution >= 4 is 17.1 Å². The van der Waals surface area contributed by atoms with Gasteiger partial charge in [0.1, 0.15) is 11.3 Å². The highest BCUT2D eigenvalue weighted by atomic mass is 16.5. The number of fused-ring (bicyclic) bond motifs is 1. The summed E-state index contributed by atoms with van der Waals surface area (Å²) in [6.07, 6.45) is 3.14. The number of rotatable bonds is 4. The lowest BCUT2D eigenvalue weighted by atomic mass is 10.2. The number of nitrogens with one attached hydrogen (secondary N) is 2. The fourth-order valence-electron chi connectivity index (χ4n) is 2.14. The van der Waals surface area contributed by atoms with E-state index >= 15 is 0 Å². The summed E-state index contributed by atoms with van der Waals surface area (Å²) in [7, 11) is 0. The van der Waals surface area contributed by atoms with Gasteiger partial charge < -0.3 is 15.0 Å². The minimum Gasteiger partial charge on any atom is -0.437 e. The maximum atomic E-state index is 12.0. The number of aryl methyl sites for hydroxylation is 1. The molecule has 0 fully saturated rings. The Morgan fingerprint density at radius 2 is 2.18 bits per heavy atom. The number of ether oxygens (including phenoxy) is 1. The number of benzene rings is 1. The van der Waals surface area contributed by atoms with E-state index in [2.05, 4.69) is 20.3 Å². The number of nitrogens with zero attached hydrogens (tertiary/aromatic N) is 2. The number of aromatic amines is 1. The Labute approximate surface area is 127 Å². The van der Waals surface area contributed by atoms with Crippen LogP contribution in [-0.2, 0) is 0 Å². The van der Waals surface area contributed by atoms with E-state index in [0.29, 0.717) is 34.9 Å². The monoisotopic (exact) mass is 296 g/mol. The zero-order valence-corrected chi connectivity index (χ0v) is 12.4. The molecule has 3 aromatic rings. The SMILES string of the molecule is CCNC(=O)c1c[nH]c2ncc(Oc3ccccc3C)nc12. The van der Waals surface area contributed by atoms with Gasteiger partial charge in [0.2, 0.25) is 5.88 Å². The molecular formula is C16H16N4O2. The molecule has 112 valence electrons. The van der Waals surface area contributed by atoms with E-state index in [1.807, 2.05) is 38.1 Å². The smallest absolute Gasteiger partial charge is 0.255 e. The summed E-state index contributed by atoms with van der Waals surface area (Å²) in [5, 5.41) is 2.75. The van der Waals surface area contributed by atoms with Crippen molar-refractivity contribution in [2.24, 2.45) is 0 Å². The average molecular weight is 296 g/mol. The van der Waals surface area contributed by atoms with Gasteiger partial charge in [0, 0.05) is 12.7 Å². The molecule has 0 bridgehead atoms. The van der Waals surface area contributed by atoms with Crippen molar-refractivity contribution in [2.75, 3.05) is 6.54 Å². The van der Waals surface area contributed by atoms with Gasteiger partial charge in [-0.2, -0.15) is 0 Å². The molecule has 2 heterocycles. The Kier molecular flexibility index (Phi) is 3.74. The van der Waals surface area contributed by atoms with Crippen molar-refractivity contribution in [2.45, 2.75) is 13.8 Å². The maximum absolute atomic E-state index is 12.0. The summed E-state index contributed by atoms with van der Waals surface area (Å²) >= 11 is 0. The Hall–Kier alpha value is -2.89. The first-order valence-corrected chi connectivity index (χ1v) is 7.05. The number of para-hydroxylation sites is 1. The van der Waals surface area contributed by atoms with Crippen molar-refractivity contribution < 1.29 is 9.53 Å². The predicted molar refractivity (Wildman–Crippen MR) is 83.1 cm³/mol. The fourth-order valence-corrected chi connectivity index (χ4v) is 2.14. The summed E-state index contributed by atoms with van der Waals surface area (Å²) in [6, 6.07) is 7.65. The highest BCUT2D eigenvalue weighted by Gasteiger charge is 2.14. The number of hydrogen-bond acceptors (Lipinski definition) is 4. The number of hydrogen-bond donors (Lipinski definition) is 2. The first-order chi connectivity index (χ1) is 10.7. The van der Waals surface area contributed by atoms with Gasteiger partial charge in [0.15, 0.2) is 5.65 Å². The number of carbonyl (C=O) groups excluding carboxylic acids is 1. The van der Waals surface area contributed by atoms with Crippen LogP contribution < -0.4 is 10.1 Å². The van der Waals surface area contributed by atoms with Crippen LogP contribution in [0.3, 0.4) is 0 Å². The van der Waals surface area contributed by atoms with E-state index in [-0.39, 0.29) is 5.91 Å². The Morgan fingerprint density at radius 3 is 2.95 bits per heavy atom. The minimum atomic E-state index is -0.184. The third-order valence-corrected chi connectivity index (χ3v) is 3.25. The lowest BCUT2D eigenvalue weighted by molar-refractivity contribution is 0.0957. The van der Waals surface area contributed by atoms with Gasteiger partial charge in [-0.1, -0.05) is 18.2 Å². The van der Waals surface area contributed by atoms with Crippen LogP contribution in [0, 0.1) is 6.92 Å². The van der Waals surface area contributed by atoms with Gasteiger partial charge in [-0.15, -0.1) is 0 Å². The van der Waals surface area contributed by atoms with Gasteiger partial charge in [-0.25, -0.2) is 9.97 Å². The molecule has 0 atom stereocenters. The molecule has 0 aliphatic rings. The summed E-state index contributed by atoms with van der Waals surface area (Å²) in [5.41, 5.74) is 2.51. The highest BCUT2D eigenvalue weighted by Crippen LogP contribution is 2.24.